The van der Waals surface area contributed by atoms with Crippen LogP contribution in [0, 0.1) is 4.77 Å². The van der Waals surface area contributed by atoms with E-state index in [2.05, 4.69) is 20.5 Å². The fourth-order valence-electron chi connectivity index (χ4n) is 2.18. The minimum Gasteiger partial charge on any atom is -0.345 e. The van der Waals surface area contributed by atoms with Crippen LogP contribution < -0.4 is 5.32 Å². The number of amides is 1. The molecule has 0 saturated carbocycles. The number of hydrogen-bond acceptors (Lipinski definition) is 4. The van der Waals surface area contributed by atoms with Crippen LogP contribution >= 0.6 is 12.2 Å². The molecule has 2 aromatic rings. The molecule has 0 radical (unpaired) electrons. The van der Waals surface area contributed by atoms with Gasteiger partial charge in [0.25, 0.3) is 5.91 Å². The van der Waals surface area contributed by atoms with Gasteiger partial charge in [0.1, 0.15) is 0 Å². The highest BCUT2D eigenvalue weighted by Crippen LogP contribution is 2.10. The summed E-state index contributed by atoms with van der Waals surface area (Å²) in [6.07, 6.45) is 4.11. The third-order valence-corrected chi connectivity index (χ3v) is 3.52. The Labute approximate surface area is 128 Å². The van der Waals surface area contributed by atoms with Gasteiger partial charge in [-0.2, -0.15) is 5.10 Å². The fraction of sp³-hybridized carbons (Fsp3) is 0.429. The van der Waals surface area contributed by atoms with E-state index in [9.17, 15) is 4.79 Å². The first-order valence-electron chi connectivity index (χ1n) is 6.91. The van der Waals surface area contributed by atoms with Crippen molar-refractivity contribution in [2.24, 2.45) is 0 Å². The number of aromatic amines is 1. The van der Waals surface area contributed by atoms with Crippen molar-refractivity contribution in [2.75, 3.05) is 0 Å². The maximum Gasteiger partial charge on any atom is 0.252 e. The van der Waals surface area contributed by atoms with E-state index >= 15 is 0 Å². The molecule has 0 atom stereocenters. The van der Waals surface area contributed by atoms with Crippen LogP contribution in [0.15, 0.2) is 18.5 Å². The molecule has 0 bridgehead atoms. The molecule has 0 aliphatic carbocycles. The zero-order chi connectivity index (χ0) is 15.4. The number of rotatable bonds is 5. The number of nitrogens with zero attached hydrogens (tertiary/aromatic N) is 3. The molecule has 2 heterocycles. The molecule has 0 spiro atoms. The zero-order valence-corrected chi connectivity index (χ0v) is 13.2. The van der Waals surface area contributed by atoms with Crippen LogP contribution in [0.25, 0.3) is 0 Å². The lowest BCUT2D eigenvalue weighted by atomic mass is 10.1. The average Bonchev–Trinajstić information content (AvgIpc) is 2.85. The summed E-state index contributed by atoms with van der Waals surface area (Å²) < 4.78 is 2.45. The number of nitrogens with one attached hydrogen (secondary N) is 2. The van der Waals surface area contributed by atoms with Gasteiger partial charge in [0.05, 0.1) is 6.54 Å². The largest absolute Gasteiger partial charge is 0.345 e. The summed E-state index contributed by atoms with van der Waals surface area (Å²) in [5.41, 5.74) is 1.58. The van der Waals surface area contributed by atoms with E-state index in [1.54, 1.807) is 18.5 Å². The van der Waals surface area contributed by atoms with Gasteiger partial charge < -0.3 is 9.88 Å². The van der Waals surface area contributed by atoms with E-state index in [0.717, 1.165) is 17.8 Å². The van der Waals surface area contributed by atoms with Crippen LogP contribution in [0.3, 0.4) is 0 Å². The molecule has 2 N–H and O–H groups in total. The van der Waals surface area contributed by atoms with Gasteiger partial charge in [0.2, 0.25) is 0 Å². The van der Waals surface area contributed by atoms with Crippen molar-refractivity contribution in [3.8, 4) is 0 Å². The Bertz CT molecular complexity index is 689. The minimum atomic E-state index is -0.126. The van der Waals surface area contributed by atoms with E-state index in [1.165, 1.54) is 0 Å². The average molecular weight is 305 g/mol. The minimum absolute atomic E-state index is 0.126. The number of pyridine rings is 1. The molecule has 0 aliphatic heterocycles. The molecule has 7 heteroatoms. The van der Waals surface area contributed by atoms with Crippen molar-refractivity contribution in [1.82, 2.24) is 25.1 Å². The van der Waals surface area contributed by atoms with Crippen LogP contribution in [0.4, 0.5) is 0 Å². The van der Waals surface area contributed by atoms with Crippen LogP contribution in [0.5, 0.6) is 0 Å². The molecule has 6 nitrogen and oxygen atoms in total. The summed E-state index contributed by atoms with van der Waals surface area (Å²) in [4.78, 5) is 16.3. The highest BCUT2D eigenvalue weighted by Gasteiger charge is 2.13. The number of H-pyrrole nitrogens is 1. The Morgan fingerprint density at radius 1 is 1.52 bits per heavy atom. The van der Waals surface area contributed by atoms with E-state index in [-0.39, 0.29) is 11.9 Å². The molecule has 1 amide bonds. The Morgan fingerprint density at radius 3 is 2.95 bits per heavy atom. The summed E-state index contributed by atoms with van der Waals surface area (Å²) in [6, 6.07) is 1.92. The van der Waals surface area contributed by atoms with Gasteiger partial charge >= 0.3 is 0 Å². The lowest BCUT2D eigenvalue weighted by Crippen LogP contribution is -2.26. The molecular formula is C14H19N5OS. The van der Waals surface area contributed by atoms with E-state index in [0.29, 0.717) is 16.9 Å². The number of aryl methyl sites for hydroxylation is 1. The third kappa shape index (κ3) is 3.36. The van der Waals surface area contributed by atoms with Crippen molar-refractivity contribution in [3.05, 3.63) is 40.2 Å². The van der Waals surface area contributed by atoms with E-state index < -0.39 is 0 Å². The zero-order valence-electron chi connectivity index (χ0n) is 12.4. The molecule has 0 aromatic carbocycles. The molecule has 0 fully saturated rings. The second-order valence-electron chi connectivity index (χ2n) is 4.98. The second kappa shape index (κ2) is 6.62. The predicted molar refractivity (Wildman–Crippen MR) is 82.6 cm³/mol. The first-order chi connectivity index (χ1) is 10.0. The van der Waals surface area contributed by atoms with Crippen LogP contribution in [-0.4, -0.2) is 25.7 Å². The van der Waals surface area contributed by atoms with Crippen LogP contribution in [0.2, 0.25) is 0 Å². The Morgan fingerprint density at radius 2 is 2.29 bits per heavy atom. The summed E-state index contributed by atoms with van der Waals surface area (Å²) in [7, 11) is 0. The third-order valence-electron chi connectivity index (χ3n) is 3.23. The van der Waals surface area contributed by atoms with Crippen molar-refractivity contribution in [3.63, 3.8) is 0 Å². The Kier molecular flexibility index (Phi) is 4.85. The maximum atomic E-state index is 12.3. The molecule has 21 heavy (non-hydrogen) atoms. The van der Waals surface area contributed by atoms with E-state index in [1.807, 2.05) is 25.3 Å². The molecule has 0 aliphatic rings. The summed E-state index contributed by atoms with van der Waals surface area (Å²) in [5, 5.41) is 9.81. The monoisotopic (exact) mass is 305 g/mol. The first-order valence-corrected chi connectivity index (χ1v) is 7.32. The normalized spacial score (nSPS) is 10.9. The van der Waals surface area contributed by atoms with Gasteiger partial charge in [0.15, 0.2) is 10.6 Å². The van der Waals surface area contributed by atoms with Gasteiger partial charge in [-0.1, -0.05) is 6.92 Å². The summed E-state index contributed by atoms with van der Waals surface area (Å²) in [5.74, 6) is 0.592. The maximum absolute atomic E-state index is 12.3. The highest BCUT2D eigenvalue weighted by atomic mass is 32.1. The smallest absolute Gasteiger partial charge is 0.252 e. The SMILES string of the molecule is CCc1cnccc1C(=O)NCc1n[nH]c(=S)n1C(C)C. The fourth-order valence-corrected chi connectivity index (χ4v) is 2.54. The standard InChI is InChI=1S/C14H19N5OS/c1-4-10-7-15-6-5-11(10)13(20)16-8-12-17-18-14(21)19(12)9(2)3/h5-7,9H,4,8H2,1-3H3,(H,16,20)(H,18,21). The molecular weight excluding hydrogens is 286 g/mol. The molecule has 112 valence electrons. The lowest BCUT2D eigenvalue weighted by Gasteiger charge is -2.12. The van der Waals surface area contributed by atoms with Crippen molar-refractivity contribution >= 4 is 18.1 Å². The van der Waals surface area contributed by atoms with Gasteiger partial charge in [0, 0.05) is 24.0 Å². The number of hydrogen-bond donors (Lipinski definition) is 2. The second-order valence-corrected chi connectivity index (χ2v) is 5.36. The molecule has 0 unspecified atom stereocenters. The van der Waals surface area contributed by atoms with E-state index in [4.69, 9.17) is 12.2 Å². The topological polar surface area (TPSA) is 75.6 Å². The van der Waals surface area contributed by atoms with Gasteiger partial charge in [-0.25, -0.2) is 0 Å². The van der Waals surface area contributed by atoms with Crippen LogP contribution in [-0.2, 0) is 13.0 Å². The summed E-state index contributed by atoms with van der Waals surface area (Å²) in [6.45, 7) is 6.37. The Balaban J connectivity index is 2.13. The number of aromatic nitrogens is 4. The van der Waals surface area contributed by atoms with Gasteiger partial charge in [-0.15, -0.1) is 0 Å². The lowest BCUT2D eigenvalue weighted by molar-refractivity contribution is 0.0948. The molecule has 0 saturated heterocycles. The van der Waals surface area contributed by atoms with Gasteiger partial charge in [-0.3, -0.25) is 14.9 Å². The van der Waals surface area contributed by atoms with Crippen molar-refractivity contribution < 1.29 is 4.79 Å². The first kappa shape index (κ1) is 15.4. The quantitative estimate of drug-likeness (QED) is 0.832. The number of carbonyl (C=O) groups is 1. The summed E-state index contributed by atoms with van der Waals surface area (Å²) >= 11 is 5.19. The molecule has 2 aromatic heterocycles. The highest BCUT2D eigenvalue weighted by molar-refractivity contribution is 7.71. The van der Waals surface area contributed by atoms with Crippen molar-refractivity contribution in [2.45, 2.75) is 39.8 Å². The predicted octanol–water partition coefficient (Wildman–Crippen LogP) is 2.41. The van der Waals surface area contributed by atoms with Gasteiger partial charge in [-0.05, 0) is 44.1 Å². The molecule has 2 rings (SSSR count). The Hall–Kier alpha value is -2.02. The van der Waals surface area contributed by atoms with Crippen LogP contribution in [0.1, 0.15) is 48.6 Å². The van der Waals surface area contributed by atoms with Crippen molar-refractivity contribution in [1.29, 1.82) is 0 Å². The number of carbonyl (C=O) groups excluding carboxylic acids is 1.